The molecule has 0 atom stereocenters. The topological polar surface area (TPSA) is 115 Å². The van der Waals surface area contributed by atoms with E-state index in [-0.39, 0.29) is 5.56 Å². The molecule has 17 heavy (non-hydrogen) atoms. The summed E-state index contributed by atoms with van der Waals surface area (Å²) in [6.45, 7) is 0. The number of rotatable bonds is 2. The van der Waals surface area contributed by atoms with E-state index in [1.807, 2.05) is 0 Å². The average molecular weight is 276 g/mol. The Morgan fingerprint density at radius 1 is 0.941 bits per heavy atom. The van der Waals surface area contributed by atoms with Crippen molar-refractivity contribution >= 4 is 21.3 Å². The molecule has 8 heteroatoms. The number of benzene rings is 1. The van der Waals surface area contributed by atoms with Gasteiger partial charge in [0.15, 0.2) is 0 Å². The second kappa shape index (κ2) is 3.62. The molecule has 0 radical (unpaired) electrons. The van der Waals surface area contributed by atoms with E-state index in [0.29, 0.717) is 5.56 Å². The molecule has 0 aliphatic heterocycles. The highest BCUT2D eigenvalue weighted by molar-refractivity contribution is 7.72. The highest BCUT2D eigenvalue weighted by Crippen LogP contribution is 2.77. The van der Waals surface area contributed by atoms with Crippen LogP contribution in [0.3, 0.4) is 0 Å². The smallest absolute Gasteiger partial charge is 0.323 e. The predicted octanol–water partition coefficient (Wildman–Crippen LogP) is 1.22. The number of hydrogen-bond donors (Lipinski definition) is 4. The fourth-order valence-electron chi connectivity index (χ4n) is 1.95. The average Bonchev–Trinajstić information content (AvgIpc) is 2.55. The van der Waals surface area contributed by atoms with Crippen molar-refractivity contribution in [2.45, 2.75) is 4.90 Å². The van der Waals surface area contributed by atoms with E-state index >= 15 is 0 Å². The largest absolute Gasteiger partial charge is 0.352 e. The Hall–Kier alpha value is -0.740. The highest BCUT2D eigenvalue weighted by atomic mass is 31.2. The Kier molecular flexibility index (Phi) is 2.71. The summed E-state index contributed by atoms with van der Waals surface area (Å²) in [4.78, 5) is 34.7. The van der Waals surface area contributed by atoms with E-state index in [4.69, 9.17) is 0 Å². The summed E-state index contributed by atoms with van der Waals surface area (Å²) in [5.74, 6) is 0. The maximum Gasteiger partial charge on any atom is 0.352 e. The van der Waals surface area contributed by atoms with Crippen molar-refractivity contribution in [3.8, 4) is 0 Å². The lowest BCUT2D eigenvalue weighted by atomic mass is 10.1. The van der Waals surface area contributed by atoms with Gasteiger partial charge in [-0.3, -0.25) is 9.13 Å². The Morgan fingerprint density at radius 2 is 1.47 bits per heavy atom. The van der Waals surface area contributed by atoms with Gasteiger partial charge < -0.3 is 19.6 Å². The van der Waals surface area contributed by atoms with Crippen LogP contribution in [0.4, 0.5) is 0 Å². The van der Waals surface area contributed by atoms with Crippen molar-refractivity contribution in [2.75, 3.05) is 0 Å². The van der Waals surface area contributed by atoms with Gasteiger partial charge >= 0.3 is 15.2 Å². The minimum Gasteiger partial charge on any atom is -0.323 e. The summed E-state index contributed by atoms with van der Waals surface area (Å²) in [5, 5.41) is 0. The maximum atomic E-state index is 11.5. The van der Waals surface area contributed by atoms with Crippen molar-refractivity contribution in [3.05, 3.63) is 41.5 Å². The minimum atomic E-state index is -5.05. The third-order valence-corrected chi connectivity index (χ3v) is 6.86. The molecular weight excluding hydrogens is 266 g/mol. The third kappa shape index (κ3) is 1.66. The molecular formula is C9H10O6P2. The molecule has 0 saturated heterocycles. The van der Waals surface area contributed by atoms with Gasteiger partial charge in [-0.25, -0.2) is 0 Å². The van der Waals surface area contributed by atoms with Crippen molar-refractivity contribution < 1.29 is 28.7 Å². The highest BCUT2D eigenvalue weighted by Gasteiger charge is 2.61. The van der Waals surface area contributed by atoms with Crippen LogP contribution in [0.15, 0.2) is 30.3 Å². The first-order chi connectivity index (χ1) is 7.70. The van der Waals surface area contributed by atoms with Gasteiger partial charge in [0.05, 0.1) is 0 Å². The normalized spacial score (nSPS) is 18.1. The van der Waals surface area contributed by atoms with Crippen LogP contribution < -0.4 is 0 Å². The van der Waals surface area contributed by atoms with Gasteiger partial charge in [-0.2, -0.15) is 0 Å². The van der Waals surface area contributed by atoms with Crippen LogP contribution in [-0.4, -0.2) is 19.6 Å². The summed E-state index contributed by atoms with van der Waals surface area (Å²) in [6.07, 6.45) is 2.22. The van der Waals surface area contributed by atoms with E-state index in [2.05, 4.69) is 0 Å². The molecule has 0 aromatic heterocycles. The molecule has 0 unspecified atom stereocenters. The van der Waals surface area contributed by atoms with E-state index in [0.717, 1.165) is 6.08 Å². The molecule has 0 amide bonds. The first-order valence-electron chi connectivity index (χ1n) is 4.60. The Balaban J connectivity index is 2.83. The monoisotopic (exact) mass is 276 g/mol. The summed E-state index contributed by atoms with van der Waals surface area (Å²) in [7, 11) is -10.1. The first kappa shape index (κ1) is 12.7. The van der Waals surface area contributed by atoms with Gasteiger partial charge in [0.1, 0.15) is 0 Å². The van der Waals surface area contributed by atoms with Gasteiger partial charge in [-0.1, -0.05) is 30.3 Å². The summed E-state index contributed by atoms with van der Waals surface area (Å²) in [6, 6.07) is 5.96. The standard InChI is InChI=1S/C9H10O6P2/c10-16(11,12)9(17(13,14)15)6-5-7-3-1-2-4-8(7)9/h1-6H,(H2,10,11,12)(H2,13,14,15). The fourth-order valence-corrected chi connectivity index (χ4v) is 4.88. The van der Waals surface area contributed by atoms with E-state index in [1.54, 1.807) is 12.1 Å². The lowest BCUT2D eigenvalue weighted by Crippen LogP contribution is -2.22. The zero-order chi connectivity index (χ0) is 12.9. The quantitative estimate of drug-likeness (QED) is 0.604. The lowest BCUT2D eigenvalue weighted by Gasteiger charge is -2.30. The van der Waals surface area contributed by atoms with Gasteiger partial charge in [0, 0.05) is 0 Å². The third-order valence-electron chi connectivity index (χ3n) is 2.74. The van der Waals surface area contributed by atoms with Crippen LogP contribution in [-0.2, 0) is 14.0 Å². The van der Waals surface area contributed by atoms with Crippen LogP contribution in [0.25, 0.3) is 6.08 Å². The van der Waals surface area contributed by atoms with E-state index in [9.17, 15) is 28.7 Å². The van der Waals surface area contributed by atoms with Crippen LogP contribution >= 0.6 is 15.2 Å². The zero-order valence-corrected chi connectivity index (χ0v) is 10.3. The molecule has 2 rings (SSSR count). The van der Waals surface area contributed by atoms with Crippen LogP contribution in [0.2, 0.25) is 0 Å². The molecule has 1 aliphatic carbocycles. The number of hydrogen-bond acceptors (Lipinski definition) is 2. The summed E-state index contributed by atoms with van der Waals surface area (Å²) >= 11 is 0. The number of fused-ring (bicyclic) bond motifs is 1. The Morgan fingerprint density at radius 3 is 2.00 bits per heavy atom. The van der Waals surface area contributed by atoms with Gasteiger partial charge in [-0.05, 0) is 17.2 Å². The molecule has 6 nitrogen and oxygen atoms in total. The second-order valence-corrected chi connectivity index (χ2v) is 7.67. The molecule has 4 N–H and O–H groups in total. The zero-order valence-electron chi connectivity index (χ0n) is 8.46. The molecule has 0 saturated carbocycles. The second-order valence-electron chi connectivity index (χ2n) is 3.73. The molecule has 0 heterocycles. The molecule has 0 fully saturated rings. The summed E-state index contributed by atoms with van der Waals surface area (Å²) < 4.78 is 23.0. The van der Waals surface area contributed by atoms with Crippen LogP contribution in [0, 0.1) is 0 Å². The lowest BCUT2D eigenvalue weighted by molar-refractivity contribution is 0.324. The number of allylic oxidation sites excluding steroid dienone is 1. The van der Waals surface area contributed by atoms with E-state index < -0.39 is 20.1 Å². The fraction of sp³-hybridized carbons (Fsp3) is 0.111. The molecule has 1 aromatic rings. The molecule has 1 aliphatic rings. The minimum absolute atomic E-state index is 0.0401. The van der Waals surface area contributed by atoms with Crippen LogP contribution in [0.5, 0.6) is 0 Å². The van der Waals surface area contributed by atoms with Crippen molar-refractivity contribution in [1.82, 2.24) is 0 Å². The van der Waals surface area contributed by atoms with Gasteiger partial charge in [-0.15, -0.1) is 0 Å². The van der Waals surface area contributed by atoms with Gasteiger partial charge in [0.25, 0.3) is 0 Å². The van der Waals surface area contributed by atoms with Crippen molar-refractivity contribution in [1.29, 1.82) is 0 Å². The summed E-state index contributed by atoms with van der Waals surface area (Å²) in [5.41, 5.74) is 0.362. The molecule has 0 spiro atoms. The first-order valence-corrected chi connectivity index (χ1v) is 7.83. The van der Waals surface area contributed by atoms with Crippen molar-refractivity contribution in [2.24, 2.45) is 0 Å². The predicted molar refractivity (Wildman–Crippen MR) is 61.2 cm³/mol. The Bertz CT molecular complexity index is 559. The Labute approximate surface area is 96.9 Å². The van der Waals surface area contributed by atoms with Gasteiger partial charge in [0.2, 0.25) is 4.90 Å². The van der Waals surface area contributed by atoms with Crippen LogP contribution in [0.1, 0.15) is 11.1 Å². The SMILES string of the molecule is O=P(O)(O)C1(P(=O)(O)O)C=Cc2ccccc21. The molecule has 92 valence electrons. The molecule has 0 bridgehead atoms. The van der Waals surface area contributed by atoms with E-state index in [1.165, 1.54) is 18.2 Å². The van der Waals surface area contributed by atoms with Crippen molar-refractivity contribution in [3.63, 3.8) is 0 Å². The maximum absolute atomic E-state index is 11.5. The molecule has 1 aromatic carbocycles.